The zero-order chi connectivity index (χ0) is 26.2. The van der Waals surface area contributed by atoms with Crippen molar-refractivity contribution in [2.24, 2.45) is 0 Å². The molecule has 0 radical (unpaired) electrons. The molecule has 2 heterocycles. The summed E-state index contributed by atoms with van der Waals surface area (Å²) in [6, 6.07) is 10.4. The van der Waals surface area contributed by atoms with Crippen LogP contribution in [0.4, 0.5) is 16.2 Å². The molecule has 0 aliphatic carbocycles. The fourth-order valence-electron chi connectivity index (χ4n) is 3.50. The summed E-state index contributed by atoms with van der Waals surface area (Å²) in [5, 5.41) is 12.9. The molecule has 3 aromatic rings. The highest BCUT2D eigenvalue weighted by atomic mass is 35.5. The van der Waals surface area contributed by atoms with Gasteiger partial charge < -0.3 is 10.6 Å². The highest BCUT2D eigenvalue weighted by molar-refractivity contribution is 7.92. The molecule has 4 rings (SSSR count). The molecule has 0 bridgehead atoms. The lowest BCUT2D eigenvalue weighted by Gasteiger charge is -2.28. The van der Waals surface area contributed by atoms with Gasteiger partial charge >= 0.3 is 6.03 Å². The number of amidine groups is 1. The Bertz CT molecular complexity index is 1540. The van der Waals surface area contributed by atoms with Gasteiger partial charge in [-0.2, -0.15) is 0 Å². The zero-order valence-electron chi connectivity index (χ0n) is 18.4. The second kappa shape index (κ2) is 9.90. The first kappa shape index (κ1) is 25.6. The van der Waals surface area contributed by atoms with Gasteiger partial charge in [-0.15, -0.1) is 11.3 Å². The van der Waals surface area contributed by atoms with Crippen molar-refractivity contribution in [1.82, 2.24) is 10.0 Å². The molecule has 1 aliphatic heterocycles. The number of amides is 4. The maximum absolute atomic E-state index is 13.1. The topological polar surface area (TPSA) is 149 Å². The maximum atomic E-state index is 13.1. The fourth-order valence-corrected chi connectivity index (χ4v) is 6.16. The number of halogens is 2. The van der Waals surface area contributed by atoms with Crippen LogP contribution in [0.5, 0.6) is 0 Å². The highest BCUT2D eigenvalue weighted by Gasteiger charge is 2.33. The standard InChI is InChI=1S/C22H17Cl2N5O5S2/c1-26-20(25)11-2-4-14-12(8-11)9-18(30)29(21(14)31)16-5-3-13(10-15(16)23)27-22(32)28-36(33,34)19-7-6-17(24)35-19/h2-8,10H,9H2,1H3,(H2,25,26)(H2,27,28,32). The minimum atomic E-state index is -4.12. The minimum absolute atomic E-state index is 0.0144. The van der Waals surface area contributed by atoms with Crippen molar-refractivity contribution in [3.8, 4) is 0 Å². The number of anilines is 2. The van der Waals surface area contributed by atoms with Crippen molar-refractivity contribution in [1.29, 1.82) is 5.41 Å². The van der Waals surface area contributed by atoms with E-state index < -0.39 is 27.9 Å². The quantitative estimate of drug-likeness (QED) is 0.210. The first-order chi connectivity index (χ1) is 17.0. The second-order valence-electron chi connectivity index (χ2n) is 7.49. The number of urea groups is 1. The largest absolute Gasteiger partial charge is 0.373 e. The number of imide groups is 1. The monoisotopic (exact) mass is 565 g/mol. The molecule has 186 valence electrons. The fraction of sp³-hybridized carbons (Fsp3) is 0.0909. The summed E-state index contributed by atoms with van der Waals surface area (Å²) in [6.07, 6.45) is -0.0742. The smallest absolute Gasteiger partial charge is 0.333 e. The third-order valence-electron chi connectivity index (χ3n) is 5.16. The molecular weight excluding hydrogens is 549 g/mol. The summed E-state index contributed by atoms with van der Waals surface area (Å²) in [5.41, 5.74) is 1.59. The van der Waals surface area contributed by atoms with E-state index in [-0.39, 0.29) is 37.2 Å². The molecule has 0 fully saturated rings. The van der Waals surface area contributed by atoms with Crippen molar-refractivity contribution in [3.05, 3.63) is 74.6 Å². The number of hydrogen-bond acceptors (Lipinski definition) is 7. The Kier molecular flexibility index (Phi) is 7.05. The lowest BCUT2D eigenvalue weighted by atomic mass is 9.95. The van der Waals surface area contributed by atoms with Crippen molar-refractivity contribution in [2.45, 2.75) is 10.6 Å². The van der Waals surface area contributed by atoms with Gasteiger partial charge in [0.25, 0.3) is 15.9 Å². The number of rotatable bonds is 5. The van der Waals surface area contributed by atoms with Crippen LogP contribution < -0.4 is 20.3 Å². The van der Waals surface area contributed by atoms with Crippen LogP contribution >= 0.6 is 34.5 Å². The third-order valence-corrected chi connectivity index (χ3v) is 8.51. The van der Waals surface area contributed by atoms with Crippen molar-refractivity contribution in [3.63, 3.8) is 0 Å². The van der Waals surface area contributed by atoms with Gasteiger partial charge in [-0.05, 0) is 48.0 Å². The van der Waals surface area contributed by atoms with E-state index in [1.807, 2.05) is 4.72 Å². The first-order valence-corrected chi connectivity index (χ1v) is 13.2. The highest BCUT2D eigenvalue weighted by Crippen LogP contribution is 2.33. The number of fused-ring (bicyclic) bond motifs is 1. The summed E-state index contributed by atoms with van der Waals surface area (Å²) in [5.74, 6) is -0.936. The number of thiophene rings is 1. The molecule has 10 nitrogen and oxygen atoms in total. The Hall–Kier alpha value is -3.45. The molecule has 1 aromatic heterocycles. The molecule has 4 amide bonds. The Balaban J connectivity index is 1.52. The van der Waals surface area contributed by atoms with Crippen molar-refractivity contribution < 1.29 is 22.8 Å². The number of carbonyl (C=O) groups is 3. The number of sulfonamides is 1. The van der Waals surface area contributed by atoms with E-state index in [2.05, 4.69) is 10.6 Å². The average Bonchev–Trinajstić information content (AvgIpc) is 3.26. The van der Waals surface area contributed by atoms with Crippen LogP contribution in [0.25, 0.3) is 0 Å². The molecule has 36 heavy (non-hydrogen) atoms. The summed E-state index contributed by atoms with van der Waals surface area (Å²) < 4.78 is 26.5. The molecule has 1 aliphatic rings. The lowest BCUT2D eigenvalue weighted by Crippen LogP contribution is -2.42. The van der Waals surface area contributed by atoms with E-state index in [1.54, 1.807) is 25.2 Å². The number of carbonyl (C=O) groups excluding carboxylic acids is 3. The number of nitrogens with one attached hydrogen (secondary N) is 4. The molecule has 4 N–H and O–H groups in total. The van der Waals surface area contributed by atoms with Gasteiger partial charge in [0, 0.05) is 23.9 Å². The Morgan fingerprint density at radius 1 is 1.08 bits per heavy atom. The van der Waals surface area contributed by atoms with Gasteiger partial charge in [-0.1, -0.05) is 29.3 Å². The molecule has 0 unspecified atom stereocenters. The minimum Gasteiger partial charge on any atom is -0.373 e. The Morgan fingerprint density at radius 3 is 2.47 bits per heavy atom. The van der Waals surface area contributed by atoms with E-state index in [9.17, 15) is 22.8 Å². The molecule has 0 saturated carbocycles. The van der Waals surface area contributed by atoms with E-state index in [1.165, 1.54) is 30.3 Å². The van der Waals surface area contributed by atoms with Crippen LogP contribution in [0.15, 0.2) is 52.7 Å². The van der Waals surface area contributed by atoms with Crippen LogP contribution in [0.1, 0.15) is 21.5 Å². The van der Waals surface area contributed by atoms with Crippen LogP contribution in [0.3, 0.4) is 0 Å². The van der Waals surface area contributed by atoms with Crippen molar-refractivity contribution >= 4 is 79.6 Å². The van der Waals surface area contributed by atoms with Gasteiger partial charge in [0.05, 0.1) is 21.5 Å². The molecule has 0 saturated heterocycles. The lowest BCUT2D eigenvalue weighted by molar-refractivity contribution is -0.117. The van der Waals surface area contributed by atoms with Crippen LogP contribution in [-0.4, -0.2) is 39.1 Å². The van der Waals surface area contributed by atoms with E-state index >= 15 is 0 Å². The van der Waals surface area contributed by atoms with Gasteiger partial charge in [0.15, 0.2) is 0 Å². The molecule has 2 aromatic carbocycles. The van der Waals surface area contributed by atoms with E-state index in [4.69, 9.17) is 28.6 Å². The van der Waals surface area contributed by atoms with Crippen molar-refractivity contribution in [2.75, 3.05) is 17.3 Å². The predicted molar refractivity (Wildman–Crippen MR) is 138 cm³/mol. The average molecular weight is 566 g/mol. The Morgan fingerprint density at radius 2 is 1.83 bits per heavy atom. The van der Waals surface area contributed by atoms with Gasteiger partial charge in [0.1, 0.15) is 10.0 Å². The van der Waals surface area contributed by atoms with E-state index in [0.717, 1.165) is 16.2 Å². The van der Waals surface area contributed by atoms with E-state index in [0.29, 0.717) is 16.7 Å². The summed E-state index contributed by atoms with van der Waals surface area (Å²) >= 11 is 12.9. The summed E-state index contributed by atoms with van der Waals surface area (Å²) in [4.78, 5) is 39.1. The van der Waals surface area contributed by atoms with Gasteiger partial charge in [-0.3, -0.25) is 15.0 Å². The van der Waals surface area contributed by atoms with Crippen LogP contribution in [0.2, 0.25) is 9.36 Å². The Labute approximate surface area is 219 Å². The first-order valence-electron chi connectivity index (χ1n) is 10.2. The molecule has 0 spiro atoms. The predicted octanol–water partition coefficient (Wildman–Crippen LogP) is 3.84. The summed E-state index contributed by atoms with van der Waals surface area (Å²) in [6.45, 7) is 0. The maximum Gasteiger partial charge on any atom is 0.333 e. The van der Waals surface area contributed by atoms with Crippen LogP contribution in [0, 0.1) is 5.41 Å². The summed E-state index contributed by atoms with van der Waals surface area (Å²) in [7, 11) is -2.52. The zero-order valence-corrected chi connectivity index (χ0v) is 21.5. The molecule has 14 heteroatoms. The molecule has 0 atom stereocenters. The van der Waals surface area contributed by atoms with Crippen LogP contribution in [-0.2, 0) is 21.2 Å². The number of nitrogens with zero attached hydrogens (tertiary/aromatic N) is 1. The SMILES string of the molecule is CNC(=N)c1ccc2c(c1)CC(=O)N(c1ccc(NC(=O)NS(=O)(=O)c3ccc(Cl)s3)cc1Cl)C2=O. The number of benzene rings is 2. The van der Waals surface area contributed by atoms with Gasteiger partial charge in [-0.25, -0.2) is 22.8 Å². The number of hydrogen-bond donors (Lipinski definition) is 4. The molecular formula is C22H17Cl2N5O5S2. The van der Waals surface area contributed by atoms with Gasteiger partial charge in [0.2, 0.25) is 5.91 Å². The second-order valence-corrected chi connectivity index (χ2v) is 11.5. The third kappa shape index (κ3) is 5.07. The normalized spacial score (nSPS) is 13.2.